The van der Waals surface area contributed by atoms with Gasteiger partial charge in [-0.15, -0.1) is 0 Å². The van der Waals surface area contributed by atoms with Crippen LogP contribution in [0.3, 0.4) is 0 Å². The lowest BCUT2D eigenvalue weighted by Gasteiger charge is -2.28. The van der Waals surface area contributed by atoms with Crippen LogP contribution < -0.4 is 10.1 Å². The highest BCUT2D eigenvalue weighted by Crippen LogP contribution is 2.28. The van der Waals surface area contributed by atoms with Gasteiger partial charge in [-0.25, -0.2) is 9.78 Å². The van der Waals surface area contributed by atoms with Crippen LogP contribution in [-0.4, -0.2) is 29.2 Å². The van der Waals surface area contributed by atoms with Gasteiger partial charge in [0.25, 0.3) is 0 Å². The number of aliphatic carboxylic acids is 1. The molecule has 0 aromatic carbocycles. The number of pyridine rings is 1. The molecule has 5 nitrogen and oxygen atoms in total. The lowest BCUT2D eigenvalue weighted by molar-refractivity contribution is -0.139. The molecule has 1 fully saturated rings. The zero-order chi connectivity index (χ0) is 13.7. The molecular weight excluding hydrogens is 244 g/mol. The van der Waals surface area contributed by atoms with E-state index in [1.165, 1.54) is 6.42 Å². The zero-order valence-corrected chi connectivity index (χ0v) is 11.1. The maximum atomic E-state index is 11.4. The fourth-order valence-electron chi connectivity index (χ4n) is 2.64. The van der Waals surface area contributed by atoms with Crippen LogP contribution in [0.4, 0.5) is 5.69 Å². The Hall–Kier alpha value is -1.78. The minimum atomic E-state index is -0.789. The maximum absolute atomic E-state index is 11.4. The van der Waals surface area contributed by atoms with E-state index in [1.807, 2.05) is 0 Å². The molecule has 1 aliphatic carbocycles. The molecule has 1 aliphatic rings. The molecule has 2 N–H and O–H groups in total. The molecule has 1 saturated carbocycles. The average Bonchev–Trinajstić information content (AvgIpc) is 2.45. The minimum absolute atomic E-state index is 0.199. The Labute approximate surface area is 113 Å². The van der Waals surface area contributed by atoms with Gasteiger partial charge < -0.3 is 15.2 Å². The number of carboxylic acids is 1. The van der Waals surface area contributed by atoms with E-state index in [0.717, 1.165) is 31.4 Å². The molecule has 0 bridgehead atoms. The van der Waals surface area contributed by atoms with Crippen LogP contribution in [0.1, 0.15) is 32.1 Å². The lowest BCUT2D eigenvalue weighted by Crippen LogP contribution is -2.38. The fraction of sp³-hybridized carbons (Fsp3) is 0.571. The monoisotopic (exact) mass is 264 g/mol. The van der Waals surface area contributed by atoms with Crippen LogP contribution in [0.5, 0.6) is 5.88 Å². The summed E-state index contributed by atoms with van der Waals surface area (Å²) in [7, 11) is 1.54. The summed E-state index contributed by atoms with van der Waals surface area (Å²) in [6.07, 6.45) is 7.02. The van der Waals surface area contributed by atoms with Crippen molar-refractivity contribution in [3.05, 3.63) is 18.3 Å². The van der Waals surface area contributed by atoms with Crippen molar-refractivity contribution in [3.63, 3.8) is 0 Å². The topological polar surface area (TPSA) is 71.5 Å². The molecule has 5 heteroatoms. The second-order valence-corrected chi connectivity index (χ2v) is 4.95. The minimum Gasteiger partial charge on any atom is -0.481 e. The number of carbonyl (C=O) groups is 1. The van der Waals surface area contributed by atoms with Gasteiger partial charge in [-0.3, -0.25) is 0 Å². The molecule has 104 valence electrons. The number of aromatic nitrogens is 1. The lowest BCUT2D eigenvalue weighted by atomic mass is 9.84. The molecular formula is C14H20N2O3. The van der Waals surface area contributed by atoms with Crippen LogP contribution in [0.15, 0.2) is 18.3 Å². The summed E-state index contributed by atoms with van der Waals surface area (Å²) in [4.78, 5) is 15.5. The number of nitrogens with one attached hydrogen (secondary N) is 1. The van der Waals surface area contributed by atoms with Crippen LogP contribution in [0, 0.1) is 5.92 Å². The van der Waals surface area contributed by atoms with E-state index < -0.39 is 12.0 Å². The highest BCUT2D eigenvalue weighted by atomic mass is 16.5. The van der Waals surface area contributed by atoms with Gasteiger partial charge in [0.1, 0.15) is 6.04 Å². The SMILES string of the molecule is COc1cc(NC(C(=O)O)C2CCCCC2)ccn1. The molecule has 0 saturated heterocycles. The van der Waals surface area contributed by atoms with E-state index in [4.69, 9.17) is 4.74 Å². The number of hydrogen-bond acceptors (Lipinski definition) is 4. The van der Waals surface area contributed by atoms with Gasteiger partial charge in [0.2, 0.25) is 5.88 Å². The van der Waals surface area contributed by atoms with E-state index in [-0.39, 0.29) is 5.92 Å². The van der Waals surface area contributed by atoms with Crippen LogP contribution in [0.2, 0.25) is 0 Å². The van der Waals surface area contributed by atoms with E-state index in [9.17, 15) is 9.90 Å². The standard InChI is InChI=1S/C14H20N2O3/c1-19-12-9-11(7-8-15-12)16-13(14(17)18)10-5-3-2-4-6-10/h7-10,13H,2-6H2,1H3,(H,15,16)(H,17,18). The number of hydrogen-bond donors (Lipinski definition) is 2. The second-order valence-electron chi connectivity index (χ2n) is 4.95. The Bertz CT molecular complexity index is 430. The van der Waals surface area contributed by atoms with Crippen molar-refractivity contribution in [1.29, 1.82) is 0 Å². The molecule has 1 aromatic rings. The fourth-order valence-corrected chi connectivity index (χ4v) is 2.64. The van der Waals surface area contributed by atoms with E-state index in [0.29, 0.717) is 5.88 Å². The molecule has 1 unspecified atom stereocenters. The van der Waals surface area contributed by atoms with E-state index in [2.05, 4.69) is 10.3 Å². The number of carboxylic acid groups (broad SMARTS) is 1. The molecule has 0 spiro atoms. The Morgan fingerprint density at radius 2 is 2.21 bits per heavy atom. The third-order valence-electron chi connectivity index (χ3n) is 3.65. The molecule has 0 aliphatic heterocycles. The van der Waals surface area contributed by atoms with Gasteiger partial charge >= 0.3 is 5.97 Å². The van der Waals surface area contributed by atoms with Crippen molar-refractivity contribution in [1.82, 2.24) is 4.98 Å². The third-order valence-corrected chi connectivity index (χ3v) is 3.65. The first-order valence-electron chi connectivity index (χ1n) is 6.70. The van der Waals surface area contributed by atoms with Gasteiger partial charge in [0, 0.05) is 18.0 Å². The molecule has 0 radical (unpaired) electrons. The van der Waals surface area contributed by atoms with Crippen LogP contribution >= 0.6 is 0 Å². The Morgan fingerprint density at radius 3 is 2.84 bits per heavy atom. The second kappa shape index (κ2) is 6.41. The summed E-state index contributed by atoms with van der Waals surface area (Å²) in [6.45, 7) is 0. The van der Waals surface area contributed by atoms with Crippen molar-refractivity contribution in [3.8, 4) is 5.88 Å². The average molecular weight is 264 g/mol. The van der Waals surface area contributed by atoms with E-state index in [1.54, 1.807) is 25.4 Å². The van der Waals surface area contributed by atoms with Gasteiger partial charge in [0.15, 0.2) is 0 Å². The number of rotatable bonds is 5. The number of methoxy groups -OCH3 is 1. The summed E-state index contributed by atoms with van der Waals surface area (Å²) >= 11 is 0. The Morgan fingerprint density at radius 1 is 1.47 bits per heavy atom. The van der Waals surface area contributed by atoms with E-state index >= 15 is 0 Å². The molecule has 0 amide bonds. The summed E-state index contributed by atoms with van der Waals surface area (Å²) in [5, 5.41) is 12.5. The number of anilines is 1. The van der Waals surface area contributed by atoms with Crippen molar-refractivity contribution >= 4 is 11.7 Å². The van der Waals surface area contributed by atoms with Gasteiger partial charge in [-0.05, 0) is 24.8 Å². The first-order valence-corrected chi connectivity index (χ1v) is 6.70. The van der Waals surface area contributed by atoms with Crippen molar-refractivity contribution in [2.24, 2.45) is 5.92 Å². The predicted molar refractivity (Wildman–Crippen MR) is 72.4 cm³/mol. The Kier molecular flexibility index (Phi) is 4.60. The normalized spacial score (nSPS) is 17.7. The molecule has 1 heterocycles. The van der Waals surface area contributed by atoms with Gasteiger partial charge in [-0.2, -0.15) is 0 Å². The van der Waals surface area contributed by atoms with Gasteiger partial charge in [0.05, 0.1) is 7.11 Å². The largest absolute Gasteiger partial charge is 0.481 e. The molecule has 19 heavy (non-hydrogen) atoms. The van der Waals surface area contributed by atoms with Crippen molar-refractivity contribution in [2.75, 3.05) is 12.4 Å². The first kappa shape index (κ1) is 13.6. The highest BCUT2D eigenvalue weighted by molar-refractivity contribution is 5.77. The van der Waals surface area contributed by atoms with Crippen molar-refractivity contribution < 1.29 is 14.6 Å². The summed E-state index contributed by atoms with van der Waals surface area (Å²) in [5.74, 6) is -0.106. The Balaban J connectivity index is 2.08. The number of ether oxygens (including phenoxy) is 1. The summed E-state index contributed by atoms with van der Waals surface area (Å²) in [6, 6.07) is 2.95. The highest BCUT2D eigenvalue weighted by Gasteiger charge is 2.29. The zero-order valence-electron chi connectivity index (χ0n) is 11.1. The third kappa shape index (κ3) is 3.59. The summed E-state index contributed by atoms with van der Waals surface area (Å²) in [5.41, 5.74) is 0.741. The smallest absolute Gasteiger partial charge is 0.326 e. The quantitative estimate of drug-likeness (QED) is 0.855. The predicted octanol–water partition coefficient (Wildman–Crippen LogP) is 2.54. The maximum Gasteiger partial charge on any atom is 0.326 e. The first-order chi connectivity index (χ1) is 9.20. The number of nitrogens with zero attached hydrogens (tertiary/aromatic N) is 1. The van der Waals surface area contributed by atoms with Crippen molar-refractivity contribution in [2.45, 2.75) is 38.1 Å². The summed E-state index contributed by atoms with van der Waals surface area (Å²) < 4.78 is 5.04. The molecule has 1 atom stereocenters. The molecule has 2 rings (SSSR count). The van der Waals surface area contributed by atoms with Crippen LogP contribution in [-0.2, 0) is 4.79 Å². The molecule has 1 aromatic heterocycles. The van der Waals surface area contributed by atoms with Gasteiger partial charge in [-0.1, -0.05) is 19.3 Å². The van der Waals surface area contributed by atoms with Crippen LogP contribution in [0.25, 0.3) is 0 Å².